The van der Waals surface area contributed by atoms with Crippen LogP contribution in [0.15, 0.2) is 11.6 Å². The van der Waals surface area contributed by atoms with E-state index in [1.807, 2.05) is 0 Å². The van der Waals surface area contributed by atoms with Crippen LogP contribution in [0, 0.1) is 58.2 Å². The predicted octanol–water partition coefficient (Wildman–Crippen LogP) is 18.8. The topological polar surface area (TPSA) is 81.7 Å². The molecule has 1 amide bonds. The van der Waals surface area contributed by atoms with Gasteiger partial charge in [-0.15, -0.1) is 0 Å². The Hall–Kier alpha value is -1.85. The summed E-state index contributed by atoms with van der Waals surface area (Å²) in [7, 11) is 0. The van der Waals surface area contributed by atoms with E-state index in [1.54, 1.807) is 0 Å². The van der Waals surface area contributed by atoms with Crippen LogP contribution in [0.4, 0.5) is 0 Å². The molecule has 6 nitrogen and oxygen atoms in total. The van der Waals surface area contributed by atoms with Crippen molar-refractivity contribution in [3.63, 3.8) is 0 Å². The molecule has 4 aliphatic rings. The Balaban J connectivity index is 1.33. The van der Waals surface area contributed by atoms with Crippen molar-refractivity contribution in [1.82, 2.24) is 5.32 Å². The van der Waals surface area contributed by atoms with Crippen LogP contribution < -0.4 is 5.32 Å². The molecule has 412 valence electrons. The first kappa shape index (κ1) is 61.7. The van der Waals surface area contributed by atoms with E-state index < -0.39 is 6.04 Å². The Kier molecular flexibility index (Phi) is 29.5. The molecule has 4 rings (SSSR count). The van der Waals surface area contributed by atoms with Gasteiger partial charge in [0.2, 0.25) is 5.91 Å². The number of rotatable bonds is 39. The quantitative estimate of drug-likeness (QED) is 0.0377. The van der Waals surface area contributed by atoms with E-state index in [-0.39, 0.29) is 42.2 Å². The van der Waals surface area contributed by atoms with Gasteiger partial charge in [-0.3, -0.25) is 9.59 Å². The second kappa shape index (κ2) is 33.9. The summed E-state index contributed by atoms with van der Waals surface area (Å²) in [6.07, 6.45) is 46.1. The van der Waals surface area contributed by atoms with E-state index in [4.69, 9.17) is 9.47 Å². The highest BCUT2D eigenvalue weighted by Crippen LogP contribution is 2.67. The summed E-state index contributed by atoms with van der Waals surface area (Å²) < 4.78 is 12.4. The van der Waals surface area contributed by atoms with Gasteiger partial charge in [-0.25, -0.2) is 4.79 Å². The van der Waals surface area contributed by atoms with Crippen LogP contribution in [0.1, 0.15) is 306 Å². The number of carbonyl (C=O) groups is 3. The summed E-state index contributed by atoms with van der Waals surface area (Å²) in [6.45, 7) is 22.3. The maximum atomic E-state index is 14.2. The van der Waals surface area contributed by atoms with Gasteiger partial charge in [0.15, 0.2) is 0 Å². The predicted molar refractivity (Wildman–Crippen MR) is 300 cm³/mol. The molecular formula is C65H117NO5. The highest BCUT2D eigenvalue weighted by atomic mass is 16.5. The fourth-order valence-corrected chi connectivity index (χ4v) is 14.8. The molecule has 3 saturated carbocycles. The van der Waals surface area contributed by atoms with Crippen molar-refractivity contribution in [2.24, 2.45) is 58.2 Å². The summed E-state index contributed by atoms with van der Waals surface area (Å²) in [6, 6.07) is -0.842. The smallest absolute Gasteiger partial charge is 0.328 e. The summed E-state index contributed by atoms with van der Waals surface area (Å²) in [5.41, 5.74) is 2.13. The average molecular weight is 993 g/mol. The van der Waals surface area contributed by atoms with Gasteiger partial charge in [0.1, 0.15) is 12.1 Å². The van der Waals surface area contributed by atoms with Gasteiger partial charge in [0.05, 0.1) is 6.61 Å². The highest BCUT2D eigenvalue weighted by Gasteiger charge is 2.59. The molecule has 6 heteroatoms. The minimum Gasteiger partial charge on any atom is -0.465 e. The Morgan fingerprint density at radius 3 is 1.76 bits per heavy atom. The third kappa shape index (κ3) is 20.7. The van der Waals surface area contributed by atoms with Crippen LogP contribution in [0.5, 0.6) is 0 Å². The maximum Gasteiger partial charge on any atom is 0.328 e. The van der Waals surface area contributed by atoms with Crippen molar-refractivity contribution in [2.75, 3.05) is 6.61 Å². The molecule has 0 aromatic heterocycles. The number of esters is 2. The van der Waals surface area contributed by atoms with Crippen LogP contribution in [-0.4, -0.2) is 36.6 Å². The lowest BCUT2D eigenvalue weighted by molar-refractivity contribution is -0.156. The lowest BCUT2D eigenvalue weighted by Gasteiger charge is -2.58. The molecule has 0 aliphatic heterocycles. The van der Waals surface area contributed by atoms with Crippen LogP contribution in [0.3, 0.4) is 0 Å². The maximum absolute atomic E-state index is 14.2. The van der Waals surface area contributed by atoms with E-state index in [9.17, 15) is 14.4 Å². The number of nitrogens with one attached hydrogen (secondary N) is 1. The van der Waals surface area contributed by atoms with E-state index in [2.05, 4.69) is 73.7 Å². The summed E-state index contributed by atoms with van der Waals surface area (Å²) in [5, 5.41) is 3.08. The Bertz CT molecular complexity index is 1510. The van der Waals surface area contributed by atoms with Gasteiger partial charge in [0, 0.05) is 19.3 Å². The molecule has 0 spiro atoms. The Morgan fingerprint density at radius 1 is 0.620 bits per heavy atom. The standard InChI is InChI=1S/C65H117NO5/c1-10-13-16-19-22-24-26-29-32-35-61(67)66-60(42-43-62(68)70-49-53(33-30-27-21-18-15-12-3)34-31-28-25-23-20-17-14-11-2)63(69)71-55-44-46-64(8)54(48-55)38-39-56-58-41-40-57(65(58,9)47-45-59(56)64)52(7)37-36-51(6)50(4)5/h38,50-53,55-60H,10-37,39-49H2,1-9H3,(H,66,67)/t51-,52-,53?,55+,56+,57-,58+,59+,60+,64+,65-/m1/s1. The van der Waals surface area contributed by atoms with Crippen LogP contribution in [0.2, 0.25) is 0 Å². The molecule has 0 radical (unpaired) electrons. The van der Waals surface area contributed by atoms with Gasteiger partial charge in [-0.05, 0) is 129 Å². The normalized spacial score (nSPS) is 26.7. The van der Waals surface area contributed by atoms with Crippen LogP contribution in [0.25, 0.3) is 0 Å². The molecule has 0 bridgehead atoms. The molecule has 11 atom stereocenters. The van der Waals surface area contributed by atoms with Crippen molar-refractivity contribution in [1.29, 1.82) is 0 Å². The van der Waals surface area contributed by atoms with E-state index in [0.29, 0.717) is 30.3 Å². The number of fused-ring (bicyclic) bond motifs is 5. The minimum atomic E-state index is -0.842. The zero-order chi connectivity index (χ0) is 51.5. The fraction of sp³-hybridized carbons (Fsp3) is 0.923. The van der Waals surface area contributed by atoms with Crippen molar-refractivity contribution in [3.05, 3.63) is 11.6 Å². The number of hydrogen-bond donors (Lipinski definition) is 1. The van der Waals surface area contributed by atoms with Crippen LogP contribution in [-0.2, 0) is 23.9 Å². The van der Waals surface area contributed by atoms with E-state index in [1.165, 1.54) is 179 Å². The highest BCUT2D eigenvalue weighted by molar-refractivity contribution is 5.85. The number of hydrogen-bond acceptors (Lipinski definition) is 5. The van der Waals surface area contributed by atoms with E-state index in [0.717, 1.165) is 86.9 Å². The van der Waals surface area contributed by atoms with Gasteiger partial charge < -0.3 is 14.8 Å². The first-order chi connectivity index (χ1) is 34.3. The molecule has 1 unspecified atom stereocenters. The summed E-state index contributed by atoms with van der Waals surface area (Å²) in [5.74, 6) is 5.13. The molecule has 3 fully saturated rings. The number of unbranched alkanes of at least 4 members (excludes halogenated alkanes) is 20. The average Bonchev–Trinajstić information content (AvgIpc) is 3.72. The Labute approximate surface area is 440 Å². The van der Waals surface area contributed by atoms with Gasteiger partial charge in [0.25, 0.3) is 0 Å². The first-order valence-corrected chi connectivity index (χ1v) is 31.6. The SMILES string of the molecule is CCCCCCCCCCCC(=O)N[C@@H](CCC(=O)OCC(CCCCCCCC)CCCCCCCCCC)C(=O)O[C@H]1CC[C@@]2(C)C(=CC[C@H]3[C@@H]4CC[C@H]([C@H](C)CC[C@@H](C)C(C)C)[C@@]4(C)CC[C@@H]32)C1. The molecular weight excluding hydrogens is 875 g/mol. The molecule has 1 N–H and O–H groups in total. The molecule has 0 heterocycles. The van der Waals surface area contributed by atoms with Crippen molar-refractivity contribution >= 4 is 17.8 Å². The van der Waals surface area contributed by atoms with Crippen molar-refractivity contribution < 1.29 is 23.9 Å². The monoisotopic (exact) mass is 992 g/mol. The summed E-state index contributed by atoms with van der Waals surface area (Å²) >= 11 is 0. The molecule has 0 aromatic rings. The van der Waals surface area contributed by atoms with E-state index >= 15 is 0 Å². The Morgan fingerprint density at radius 2 is 1.18 bits per heavy atom. The van der Waals surface area contributed by atoms with Gasteiger partial charge >= 0.3 is 11.9 Å². The first-order valence-electron chi connectivity index (χ1n) is 31.6. The second-order valence-electron chi connectivity index (χ2n) is 25.7. The molecule has 71 heavy (non-hydrogen) atoms. The zero-order valence-electron chi connectivity index (χ0n) is 48.5. The second-order valence-corrected chi connectivity index (χ2v) is 25.7. The minimum absolute atomic E-state index is 0.104. The van der Waals surface area contributed by atoms with Crippen molar-refractivity contribution in [2.45, 2.75) is 318 Å². The number of carbonyl (C=O) groups excluding carboxylic acids is 3. The molecule has 4 aliphatic carbocycles. The van der Waals surface area contributed by atoms with Gasteiger partial charge in [-0.2, -0.15) is 0 Å². The van der Waals surface area contributed by atoms with Crippen LogP contribution >= 0.6 is 0 Å². The number of ether oxygens (including phenoxy) is 2. The fourth-order valence-electron chi connectivity index (χ4n) is 14.8. The third-order valence-corrected chi connectivity index (χ3v) is 20.0. The number of allylic oxidation sites excluding steroid dienone is 1. The lowest BCUT2D eigenvalue weighted by atomic mass is 9.47. The van der Waals surface area contributed by atoms with Crippen molar-refractivity contribution in [3.8, 4) is 0 Å². The summed E-state index contributed by atoms with van der Waals surface area (Å²) in [4.78, 5) is 41.2. The lowest BCUT2D eigenvalue weighted by Crippen LogP contribution is -2.51. The van der Waals surface area contributed by atoms with Gasteiger partial charge in [-0.1, -0.05) is 228 Å². The number of amides is 1. The zero-order valence-corrected chi connectivity index (χ0v) is 48.5. The largest absolute Gasteiger partial charge is 0.465 e. The molecule has 0 saturated heterocycles. The molecule has 0 aromatic carbocycles. The third-order valence-electron chi connectivity index (χ3n) is 20.0.